The van der Waals surface area contributed by atoms with Crippen LogP contribution in [-0.2, 0) is 4.79 Å². The third kappa shape index (κ3) is 1.78. The topological polar surface area (TPSA) is 64.6 Å². The number of aliphatic hydroxyl groups excluding tert-OH is 1. The van der Waals surface area contributed by atoms with Crippen molar-refractivity contribution in [3.8, 4) is 0 Å². The molecule has 4 atom stereocenters. The number of nitrogens with one attached hydrogen (secondary N) is 2. The molecular formula is C12H21N3O2S. The summed E-state index contributed by atoms with van der Waals surface area (Å²) in [6.07, 6.45) is 1.79. The molecule has 0 aromatic rings. The maximum Gasteiger partial charge on any atom is 0.240 e. The number of thiol groups is 1. The van der Waals surface area contributed by atoms with Gasteiger partial charge in [-0.15, -0.1) is 0 Å². The fourth-order valence-electron chi connectivity index (χ4n) is 3.68. The summed E-state index contributed by atoms with van der Waals surface area (Å²) in [4.78, 5) is 14.5. The zero-order chi connectivity index (χ0) is 12.8. The molecule has 0 radical (unpaired) electrons. The van der Waals surface area contributed by atoms with Gasteiger partial charge in [0.15, 0.2) is 0 Å². The van der Waals surface area contributed by atoms with Gasteiger partial charge in [-0.25, -0.2) is 0 Å². The second kappa shape index (κ2) is 4.67. The monoisotopic (exact) mass is 271 g/mol. The van der Waals surface area contributed by atoms with E-state index in [1.54, 1.807) is 0 Å². The molecule has 0 spiro atoms. The fraction of sp³-hybridized carbons (Fsp3) is 0.917. The number of aliphatic hydroxyl groups is 1. The lowest BCUT2D eigenvalue weighted by molar-refractivity contribution is -0.138. The average Bonchev–Trinajstić information content (AvgIpc) is 3.01. The van der Waals surface area contributed by atoms with Crippen LogP contribution in [0.1, 0.15) is 12.8 Å². The number of fused-ring (bicyclic) bond motifs is 1. The summed E-state index contributed by atoms with van der Waals surface area (Å²) in [5.74, 6) is 0.548. The summed E-state index contributed by atoms with van der Waals surface area (Å²) in [6, 6.07) is -0.115. The van der Waals surface area contributed by atoms with Crippen molar-refractivity contribution < 1.29 is 9.90 Å². The molecule has 3 rings (SSSR count). The Morgan fingerprint density at radius 3 is 3.00 bits per heavy atom. The van der Waals surface area contributed by atoms with Gasteiger partial charge < -0.3 is 20.6 Å². The Morgan fingerprint density at radius 2 is 2.33 bits per heavy atom. The van der Waals surface area contributed by atoms with E-state index in [4.69, 9.17) is 0 Å². The van der Waals surface area contributed by atoms with E-state index in [1.165, 1.54) is 0 Å². The van der Waals surface area contributed by atoms with Crippen LogP contribution in [0.3, 0.4) is 0 Å². The molecule has 3 fully saturated rings. The van der Waals surface area contributed by atoms with Crippen LogP contribution in [0.25, 0.3) is 0 Å². The van der Waals surface area contributed by atoms with Crippen LogP contribution in [0.5, 0.6) is 0 Å². The Labute approximate surface area is 113 Å². The van der Waals surface area contributed by atoms with Crippen LogP contribution in [0.2, 0.25) is 0 Å². The van der Waals surface area contributed by atoms with Gasteiger partial charge in [-0.3, -0.25) is 4.79 Å². The molecule has 0 aromatic heterocycles. The molecule has 18 heavy (non-hydrogen) atoms. The Kier molecular flexibility index (Phi) is 3.30. The lowest BCUT2D eigenvalue weighted by atomic mass is 9.88. The standard InChI is InChI=1S/C12H21N3O2S/c16-7-12-6-13-4-8(12)1-2-15(12)11(17)10-3-9(18)5-14-10/h8-10,13-14,16,18H,1-7H2/t8?,9-,10-,12?/m0/s1. The summed E-state index contributed by atoms with van der Waals surface area (Å²) in [6.45, 7) is 3.27. The van der Waals surface area contributed by atoms with Crippen LogP contribution in [0.15, 0.2) is 0 Å². The molecule has 3 heterocycles. The van der Waals surface area contributed by atoms with E-state index in [9.17, 15) is 9.90 Å². The highest BCUT2D eigenvalue weighted by atomic mass is 32.1. The highest BCUT2D eigenvalue weighted by molar-refractivity contribution is 7.81. The van der Waals surface area contributed by atoms with Gasteiger partial charge in [0.1, 0.15) is 0 Å². The van der Waals surface area contributed by atoms with Gasteiger partial charge >= 0.3 is 0 Å². The maximum atomic E-state index is 12.6. The van der Waals surface area contributed by atoms with Gasteiger partial charge in [-0.2, -0.15) is 12.6 Å². The van der Waals surface area contributed by atoms with Crippen molar-refractivity contribution in [2.24, 2.45) is 5.92 Å². The molecule has 5 nitrogen and oxygen atoms in total. The summed E-state index contributed by atoms with van der Waals surface area (Å²) < 4.78 is 0. The predicted molar refractivity (Wildman–Crippen MR) is 71.7 cm³/mol. The molecule has 102 valence electrons. The number of likely N-dealkylation sites (tertiary alicyclic amines) is 1. The molecule has 3 saturated heterocycles. The van der Waals surface area contributed by atoms with Gasteiger partial charge in [-0.05, 0) is 18.8 Å². The van der Waals surface area contributed by atoms with Crippen molar-refractivity contribution in [3.63, 3.8) is 0 Å². The summed E-state index contributed by atoms with van der Waals surface area (Å²) in [5.41, 5.74) is -0.354. The van der Waals surface area contributed by atoms with Crippen molar-refractivity contribution in [3.05, 3.63) is 0 Å². The van der Waals surface area contributed by atoms with Crippen LogP contribution in [-0.4, -0.2) is 65.5 Å². The second-order valence-corrected chi connectivity index (χ2v) is 6.45. The molecule has 3 N–H and O–H groups in total. The smallest absolute Gasteiger partial charge is 0.240 e. The third-order valence-electron chi connectivity index (χ3n) is 4.77. The van der Waals surface area contributed by atoms with Gasteiger partial charge in [0.2, 0.25) is 5.91 Å². The van der Waals surface area contributed by atoms with E-state index in [1.807, 2.05) is 4.90 Å². The van der Waals surface area contributed by atoms with Crippen LogP contribution in [0, 0.1) is 5.92 Å². The van der Waals surface area contributed by atoms with E-state index in [0.717, 1.165) is 39.0 Å². The van der Waals surface area contributed by atoms with Gasteiger partial charge in [-0.1, -0.05) is 0 Å². The molecule has 3 aliphatic rings. The van der Waals surface area contributed by atoms with E-state index in [2.05, 4.69) is 23.3 Å². The van der Waals surface area contributed by atoms with Crippen molar-refractivity contribution in [1.82, 2.24) is 15.5 Å². The molecule has 2 unspecified atom stereocenters. The van der Waals surface area contributed by atoms with E-state index < -0.39 is 0 Å². The number of carbonyl (C=O) groups excluding carboxylic acids is 1. The molecule has 6 heteroatoms. The maximum absolute atomic E-state index is 12.6. The number of hydrogen-bond donors (Lipinski definition) is 4. The first-order valence-electron chi connectivity index (χ1n) is 6.72. The molecule has 0 saturated carbocycles. The van der Waals surface area contributed by atoms with Gasteiger partial charge in [0.05, 0.1) is 18.2 Å². The third-order valence-corrected chi connectivity index (χ3v) is 5.16. The van der Waals surface area contributed by atoms with Crippen LogP contribution >= 0.6 is 12.6 Å². The number of nitrogens with zero attached hydrogens (tertiary/aromatic N) is 1. The highest BCUT2D eigenvalue weighted by Gasteiger charge is 2.54. The number of hydrogen-bond acceptors (Lipinski definition) is 5. The molecule has 1 amide bonds. The minimum absolute atomic E-state index is 0.0629. The van der Waals surface area contributed by atoms with Crippen molar-refractivity contribution in [1.29, 1.82) is 0 Å². The minimum Gasteiger partial charge on any atom is -0.394 e. The average molecular weight is 271 g/mol. The Balaban J connectivity index is 1.77. The van der Waals surface area contributed by atoms with Gasteiger partial charge in [0, 0.05) is 31.4 Å². The lowest BCUT2D eigenvalue weighted by Crippen LogP contribution is -2.58. The number of carbonyl (C=O) groups is 1. The summed E-state index contributed by atoms with van der Waals surface area (Å²) in [7, 11) is 0. The van der Waals surface area contributed by atoms with Crippen LogP contribution in [0.4, 0.5) is 0 Å². The molecule has 0 bridgehead atoms. The van der Waals surface area contributed by atoms with E-state index >= 15 is 0 Å². The van der Waals surface area contributed by atoms with Crippen molar-refractivity contribution >= 4 is 18.5 Å². The Hall–Kier alpha value is -0.300. The molecule has 0 aliphatic carbocycles. The molecule has 0 aromatic carbocycles. The molecule has 3 aliphatic heterocycles. The second-order valence-electron chi connectivity index (χ2n) is 5.72. The van der Waals surface area contributed by atoms with E-state index in [0.29, 0.717) is 5.92 Å². The number of rotatable bonds is 2. The first-order valence-corrected chi connectivity index (χ1v) is 7.23. The highest BCUT2D eigenvalue weighted by Crippen LogP contribution is 2.38. The van der Waals surface area contributed by atoms with Crippen LogP contribution < -0.4 is 10.6 Å². The van der Waals surface area contributed by atoms with Crippen molar-refractivity contribution in [2.45, 2.75) is 29.7 Å². The van der Waals surface area contributed by atoms with E-state index in [-0.39, 0.29) is 29.3 Å². The summed E-state index contributed by atoms with van der Waals surface area (Å²) in [5, 5.41) is 16.6. The van der Waals surface area contributed by atoms with Crippen molar-refractivity contribution in [2.75, 3.05) is 32.8 Å². The lowest BCUT2D eigenvalue weighted by Gasteiger charge is -2.37. The van der Waals surface area contributed by atoms with Gasteiger partial charge in [0.25, 0.3) is 0 Å². The first kappa shape index (κ1) is 12.7. The zero-order valence-corrected chi connectivity index (χ0v) is 11.3. The number of amides is 1. The Morgan fingerprint density at radius 1 is 1.50 bits per heavy atom. The quantitative estimate of drug-likeness (QED) is 0.478. The first-order chi connectivity index (χ1) is 8.67. The molecular weight excluding hydrogens is 250 g/mol. The minimum atomic E-state index is -0.354. The largest absolute Gasteiger partial charge is 0.394 e. The summed E-state index contributed by atoms with van der Waals surface area (Å²) >= 11 is 4.41. The SMILES string of the molecule is O=C([C@@H]1C[C@H](S)CN1)N1CCC2CNCC21CO. The Bertz CT molecular complexity index is 354. The fourth-order valence-corrected chi connectivity index (χ4v) is 4.00. The normalized spacial score (nSPS) is 43.4. The zero-order valence-electron chi connectivity index (χ0n) is 10.4. The predicted octanol–water partition coefficient (Wildman–Crippen LogP) is -1.17.